The van der Waals surface area contributed by atoms with E-state index < -0.39 is 36.2 Å². The van der Waals surface area contributed by atoms with Gasteiger partial charge in [-0.15, -0.1) is 0 Å². The fourth-order valence-electron chi connectivity index (χ4n) is 2.70. The van der Waals surface area contributed by atoms with Crippen molar-refractivity contribution in [1.29, 1.82) is 0 Å². The molecule has 2 aliphatic rings. The predicted octanol–water partition coefficient (Wildman–Crippen LogP) is 1.25. The quantitative estimate of drug-likeness (QED) is 0.666. The molecule has 3 rings (SSSR count). The SMILES string of the molecule is O=C1Nc2ccc(Br)cc2C(=O)N2CCNC(OC(=O)C(F)(F)F)C12. The molecule has 1 aromatic rings. The Bertz CT molecular complexity index is 755. The van der Waals surface area contributed by atoms with Gasteiger partial charge in [-0.05, 0) is 18.2 Å². The molecule has 1 fully saturated rings. The number of ether oxygens (including phenoxy) is 1. The molecule has 2 heterocycles. The van der Waals surface area contributed by atoms with Crippen LogP contribution in [-0.2, 0) is 14.3 Å². The van der Waals surface area contributed by atoms with Crippen LogP contribution in [0, 0.1) is 0 Å². The molecule has 0 aromatic heterocycles. The van der Waals surface area contributed by atoms with E-state index in [1.165, 1.54) is 12.1 Å². The lowest BCUT2D eigenvalue weighted by Crippen LogP contribution is -2.64. The molecule has 0 spiro atoms. The molecule has 2 aliphatic heterocycles. The molecule has 2 amide bonds. The minimum absolute atomic E-state index is 0.0641. The maximum absolute atomic E-state index is 12.7. The van der Waals surface area contributed by atoms with E-state index in [2.05, 4.69) is 31.3 Å². The average molecular weight is 422 g/mol. The van der Waals surface area contributed by atoms with Gasteiger partial charge in [0.2, 0.25) is 0 Å². The van der Waals surface area contributed by atoms with Crippen LogP contribution in [0.2, 0.25) is 0 Å². The molecule has 2 atom stereocenters. The lowest BCUT2D eigenvalue weighted by molar-refractivity contribution is -0.210. The summed E-state index contributed by atoms with van der Waals surface area (Å²) in [5, 5.41) is 5.02. The Labute approximate surface area is 147 Å². The molecule has 134 valence electrons. The van der Waals surface area contributed by atoms with Gasteiger partial charge in [0.15, 0.2) is 12.3 Å². The van der Waals surface area contributed by atoms with Gasteiger partial charge in [-0.1, -0.05) is 15.9 Å². The number of halogens is 4. The number of nitrogens with zero attached hydrogens (tertiary/aromatic N) is 1. The van der Waals surface area contributed by atoms with Crippen LogP contribution in [0.1, 0.15) is 10.4 Å². The second-order valence-electron chi connectivity index (χ2n) is 5.40. The van der Waals surface area contributed by atoms with Crippen LogP contribution in [0.15, 0.2) is 22.7 Å². The Kier molecular flexibility index (Phi) is 4.45. The predicted molar refractivity (Wildman–Crippen MR) is 81.5 cm³/mol. The van der Waals surface area contributed by atoms with Gasteiger partial charge in [-0.2, -0.15) is 13.2 Å². The van der Waals surface area contributed by atoms with E-state index in [0.29, 0.717) is 4.47 Å². The van der Waals surface area contributed by atoms with Crippen LogP contribution >= 0.6 is 15.9 Å². The number of anilines is 1. The van der Waals surface area contributed by atoms with E-state index in [4.69, 9.17) is 0 Å². The number of nitrogens with one attached hydrogen (secondary N) is 2. The first-order valence-electron chi connectivity index (χ1n) is 7.11. The molecule has 2 unspecified atom stereocenters. The van der Waals surface area contributed by atoms with Crippen molar-refractivity contribution in [3.63, 3.8) is 0 Å². The standard InChI is InChI=1S/C14H11BrF3N3O4/c15-6-1-2-8-7(5-6)12(23)21-4-3-19-11(9(21)10(22)20-8)25-13(24)14(16,17)18/h1-2,5,9,11,19H,3-4H2,(H,20,22). The van der Waals surface area contributed by atoms with Gasteiger partial charge in [0.05, 0.1) is 11.3 Å². The normalized spacial score (nSPS) is 23.3. The minimum atomic E-state index is -5.21. The van der Waals surface area contributed by atoms with E-state index in [0.717, 1.165) is 4.90 Å². The zero-order valence-electron chi connectivity index (χ0n) is 12.4. The molecule has 0 saturated carbocycles. The summed E-state index contributed by atoms with van der Waals surface area (Å²) in [5.74, 6) is -3.73. The molecule has 1 saturated heterocycles. The third-order valence-corrected chi connectivity index (χ3v) is 4.28. The van der Waals surface area contributed by atoms with Crippen LogP contribution in [0.5, 0.6) is 0 Å². The first kappa shape index (κ1) is 17.7. The average Bonchev–Trinajstić information content (AvgIpc) is 2.64. The van der Waals surface area contributed by atoms with Gasteiger partial charge >= 0.3 is 12.1 Å². The van der Waals surface area contributed by atoms with Crippen molar-refractivity contribution < 1.29 is 32.3 Å². The second-order valence-corrected chi connectivity index (χ2v) is 6.32. The van der Waals surface area contributed by atoms with Crippen LogP contribution in [0.3, 0.4) is 0 Å². The van der Waals surface area contributed by atoms with Gasteiger partial charge in [0, 0.05) is 17.6 Å². The van der Waals surface area contributed by atoms with E-state index >= 15 is 0 Å². The number of carbonyl (C=O) groups excluding carboxylic acids is 3. The molecular formula is C14H11BrF3N3O4. The van der Waals surface area contributed by atoms with E-state index in [1.807, 2.05) is 0 Å². The Morgan fingerprint density at radius 1 is 1.32 bits per heavy atom. The second kappa shape index (κ2) is 6.30. The Morgan fingerprint density at radius 3 is 2.72 bits per heavy atom. The molecule has 0 bridgehead atoms. The number of esters is 1. The number of carbonyl (C=O) groups is 3. The maximum Gasteiger partial charge on any atom is 0.490 e. The van der Waals surface area contributed by atoms with E-state index in [-0.39, 0.29) is 24.3 Å². The number of hydrogen-bond donors (Lipinski definition) is 2. The number of amides is 2. The molecule has 2 N–H and O–H groups in total. The molecular weight excluding hydrogens is 411 g/mol. The number of benzene rings is 1. The summed E-state index contributed by atoms with van der Waals surface area (Å²) in [5.41, 5.74) is 0.418. The van der Waals surface area contributed by atoms with Crippen LogP contribution in [-0.4, -0.2) is 54.2 Å². The minimum Gasteiger partial charge on any atom is -0.437 e. The molecule has 25 heavy (non-hydrogen) atoms. The Hall–Kier alpha value is -2.14. The summed E-state index contributed by atoms with van der Waals surface area (Å²) in [4.78, 5) is 37.4. The zero-order valence-corrected chi connectivity index (χ0v) is 14.0. The zero-order chi connectivity index (χ0) is 18.4. The molecule has 7 nitrogen and oxygen atoms in total. The number of piperazine rings is 1. The largest absolute Gasteiger partial charge is 0.490 e. The Balaban J connectivity index is 1.94. The highest BCUT2D eigenvalue weighted by atomic mass is 79.9. The van der Waals surface area contributed by atoms with Gasteiger partial charge in [0.1, 0.15) is 0 Å². The van der Waals surface area contributed by atoms with Crippen LogP contribution < -0.4 is 10.6 Å². The fraction of sp³-hybridized carbons (Fsp3) is 0.357. The van der Waals surface area contributed by atoms with Gasteiger partial charge in [0.25, 0.3) is 11.8 Å². The highest BCUT2D eigenvalue weighted by Crippen LogP contribution is 2.29. The fourth-order valence-corrected chi connectivity index (χ4v) is 3.06. The molecule has 11 heteroatoms. The van der Waals surface area contributed by atoms with Gasteiger partial charge in [-0.3, -0.25) is 14.9 Å². The maximum atomic E-state index is 12.7. The highest BCUT2D eigenvalue weighted by Gasteiger charge is 2.48. The number of alkyl halides is 3. The monoisotopic (exact) mass is 421 g/mol. The molecule has 0 aliphatic carbocycles. The van der Waals surface area contributed by atoms with Crippen molar-refractivity contribution in [1.82, 2.24) is 10.2 Å². The highest BCUT2D eigenvalue weighted by molar-refractivity contribution is 9.10. The third kappa shape index (κ3) is 3.33. The summed E-state index contributed by atoms with van der Waals surface area (Å²) < 4.78 is 42.3. The lowest BCUT2D eigenvalue weighted by atomic mass is 10.1. The summed E-state index contributed by atoms with van der Waals surface area (Å²) in [6, 6.07) is 3.19. The smallest absolute Gasteiger partial charge is 0.437 e. The van der Waals surface area contributed by atoms with Crippen molar-refractivity contribution >= 4 is 39.4 Å². The summed E-state index contributed by atoms with van der Waals surface area (Å²) in [6.07, 6.45) is -6.81. The van der Waals surface area contributed by atoms with Crippen molar-refractivity contribution in [3.05, 3.63) is 28.2 Å². The van der Waals surface area contributed by atoms with E-state index in [1.54, 1.807) is 6.07 Å². The summed E-state index contributed by atoms with van der Waals surface area (Å²) in [7, 11) is 0. The van der Waals surface area contributed by atoms with E-state index in [9.17, 15) is 27.6 Å². The van der Waals surface area contributed by atoms with Gasteiger partial charge in [-0.25, -0.2) is 4.79 Å². The van der Waals surface area contributed by atoms with Crippen molar-refractivity contribution in [2.24, 2.45) is 0 Å². The van der Waals surface area contributed by atoms with Crippen molar-refractivity contribution in [2.75, 3.05) is 18.4 Å². The summed E-state index contributed by atoms with van der Waals surface area (Å²) in [6.45, 7) is 0.137. The number of fused-ring (bicyclic) bond motifs is 2. The lowest BCUT2D eigenvalue weighted by Gasteiger charge is -2.38. The number of hydrogen-bond acceptors (Lipinski definition) is 5. The Morgan fingerprint density at radius 2 is 2.04 bits per heavy atom. The number of rotatable bonds is 1. The van der Waals surface area contributed by atoms with Crippen LogP contribution in [0.25, 0.3) is 0 Å². The molecule has 1 aromatic carbocycles. The third-order valence-electron chi connectivity index (χ3n) is 3.79. The van der Waals surface area contributed by atoms with Crippen LogP contribution in [0.4, 0.5) is 18.9 Å². The first-order valence-corrected chi connectivity index (χ1v) is 7.90. The topological polar surface area (TPSA) is 87.7 Å². The summed E-state index contributed by atoms with van der Waals surface area (Å²) >= 11 is 3.22. The molecule has 0 radical (unpaired) electrons. The first-order chi connectivity index (χ1) is 11.7. The van der Waals surface area contributed by atoms with Gasteiger partial charge < -0.3 is 15.0 Å². The van der Waals surface area contributed by atoms with Crippen molar-refractivity contribution in [2.45, 2.75) is 18.4 Å². The van der Waals surface area contributed by atoms with Crippen molar-refractivity contribution in [3.8, 4) is 0 Å².